The van der Waals surface area contributed by atoms with Gasteiger partial charge in [-0.15, -0.1) is 22.7 Å². The van der Waals surface area contributed by atoms with Gasteiger partial charge in [0.05, 0.1) is 15.1 Å². The normalized spacial score (nSPS) is 11.3. The van der Waals surface area contributed by atoms with E-state index in [0.717, 1.165) is 24.9 Å². The highest BCUT2D eigenvalue weighted by molar-refractivity contribution is 9.11. The maximum absolute atomic E-state index is 9.37. The molecule has 0 unspecified atom stereocenters. The van der Waals surface area contributed by atoms with E-state index in [1.54, 1.807) is 11.3 Å². The van der Waals surface area contributed by atoms with Crippen LogP contribution in [0.15, 0.2) is 51.6 Å². The number of nitrogens with zero attached hydrogens (tertiary/aromatic N) is 2. The molecule has 0 atom stereocenters. The number of halogens is 1. The fourth-order valence-corrected chi connectivity index (χ4v) is 3.99. The van der Waals surface area contributed by atoms with Gasteiger partial charge in [-0.05, 0) is 34.1 Å². The van der Waals surface area contributed by atoms with Crippen LogP contribution in [0.1, 0.15) is 9.88 Å². The molecule has 0 aliphatic rings. The number of thiophene rings is 1. The Morgan fingerprint density at radius 3 is 2.67 bits per heavy atom. The van der Waals surface area contributed by atoms with Crippen LogP contribution in [0.25, 0.3) is 22.9 Å². The summed E-state index contributed by atoms with van der Waals surface area (Å²) in [6, 6.07) is 16.2. The highest BCUT2D eigenvalue weighted by atomic mass is 79.9. The van der Waals surface area contributed by atoms with Crippen LogP contribution in [0.2, 0.25) is 0 Å². The van der Waals surface area contributed by atoms with Crippen molar-refractivity contribution in [2.75, 3.05) is 0 Å². The predicted octanol–water partition coefficient (Wildman–Crippen LogP) is 5.70. The number of benzene rings is 1. The van der Waals surface area contributed by atoms with Crippen LogP contribution in [-0.2, 0) is 0 Å². The molecule has 2 nitrogen and oxygen atoms in total. The number of rotatable bonds is 3. The number of nitriles is 1. The molecule has 0 spiro atoms. The first kappa shape index (κ1) is 14.2. The minimum atomic E-state index is 0.594. The maximum atomic E-state index is 9.37. The first-order valence-corrected chi connectivity index (χ1v) is 8.63. The van der Waals surface area contributed by atoms with Gasteiger partial charge in [0.2, 0.25) is 0 Å². The van der Waals surface area contributed by atoms with E-state index in [0.29, 0.717) is 5.57 Å². The van der Waals surface area contributed by atoms with Crippen LogP contribution in [0.5, 0.6) is 0 Å². The Labute approximate surface area is 139 Å². The topological polar surface area (TPSA) is 36.7 Å². The van der Waals surface area contributed by atoms with Crippen LogP contribution in [-0.4, -0.2) is 4.98 Å². The van der Waals surface area contributed by atoms with Gasteiger partial charge in [-0.25, -0.2) is 4.98 Å². The summed E-state index contributed by atoms with van der Waals surface area (Å²) >= 11 is 6.52. The molecule has 3 aromatic rings. The van der Waals surface area contributed by atoms with Gasteiger partial charge >= 0.3 is 0 Å². The Hall–Kier alpha value is -1.74. The Kier molecular flexibility index (Phi) is 4.30. The molecule has 0 bridgehead atoms. The molecule has 0 saturated carbocycles. The maximum Gasteiger partial charge on any atom is 0.134 e. The van der Waals surface area contributed by atoms with Gasteiger partial charge in [0, 0.05) is 15.8 Å². The standard InChI is InChI=1S/C16H9BrN2S2/c17-15-7-6-13(21-15)8-12(9-18)16-19-14(10-20-16)11-4-2-1-3-5-11/h1-8,10H/b12-8+. The van der Waals surface area contributed by atoms with Gasteiger partial charge in [0.25, 0.3) is 0 Å². The summed E-state index contributed by atoms with van der Waals surface area (Å²) < 4.78 is 1.05. The molecule has 21 heavy (non-hydrogen) atoms. The zero-order valence-corrected chi connectivity index (χ0v) is 14.0. The third-order valence-electron chi connectivity index (χ3n) is 2.81. The van der Waals surface area contributed by atoms with Crippen molar-refractivity contribution in [3.05, 3.63) is 61.5 Å². The number of hydrogen-bond donors (Lipinski definition) is 0. The molecule has 0 radical (unpaired) electrons. The Bertz CT molecular complexity index is 825. The quantitative estimate of drug-likeness (QED) is 0.553. The third-order valence-corrected chi connectivity index (χ3v) is 5.25. The molecule has 1 aromatic carbocycles. The lowest BCUT2D eigenvalue weighted by atomic mass is 10.2. The van der Waals surface area contributed by atoms with Gasteiger partial charge in [-0.3, -0.25) is 0 Å². The summed E-state index contributed by atoms with van der Waals surface area (Å²) in [4.78, 5) is 5.61. The van der Waals surface area contributed by atoms with E-state index >= 15 is 0 Å². The van der Waals surface area contributed by atoms with Crippen molar-refractivity contribution in [1.82, 2.24) is 4.98 Å². The highest BCUT2D eigenvalue weighted by Gasteiger charge is 2.09. The predicted molar refractivity (Wildman–Crippen MR) is 93.1 cm³/mol. The van der Waals surface area contributed by atoms with Gasteiger partial charge in [0.15, 0.2) is 0 Å². The van der Waals surface area contributed by atoms with Crippen molar-refractivity contribution in [2.24, 2.45) is 0 Å². The molecule has 0 N–H and O–H groups in total. The van der Waals surface area contributed by atoms with Gasteiger partial charge in [0.1, 0.15) is 11.1 Å². The average Bonchev–Trinajstić information content (AvgIpc) is 3.15. The number of hydrogen-bond acceptors (Lipinski definition) is 4. The summed E-state index contributed by atoms with van der Waals surface area (Å²) in [5.41, 5.74) is 2.57. The fourth-order valence-electron chi connectivity index (χ4n) is 1.83. The molecular formula is C16H9BrN2S2. The Morgan fingerprint density at radius 1 is 1.19 bits per heavy atom. The lowest BCUT2D eigenvalue weighted by molar-refractivity contribution is 1.37. The van der Waals surface area contributed by atoms with E-state index < -0.39 is 0 Å². The lowest BCUT2D eigenvalue weighted by Gasteiger charge is -1.94. The zero-order valence-electron chi connectivity index (χ0n) is 10.8. The van der Waals surface area contributed by atoms with Crippen LogP contribution in [0.3, 0.4) is 0 Å². The summed E-state index contributed by atoms with van der Waals surface area (Å²) in [6.45, 7) is 0. The van der Waals surface area contributed by atoms with E-state index in [1.807, 2.05) is 53.9 Å². The summed E-state index contributed by atoms with van der Waals surface area (Å²) in [7, 11) is 0. The first-order chi connectivity index (χ1) is 10.3. The molecule has 2 heterocycles. The molecule has 0 aliphatic heterocycles. The van der Waals surface area contributed by atoms with Crippen molar-refractivity contribution in [1.29, 1.82) is 5.26 Å². The molecule has 102 valence electrons. The number of aromatic nitrogens is 1. The third kappa shape index (κ3) is 3.30. The van der Waals surface area contributed by atoms with Crippen molar-refractivity contribution < 1.29 is 0 Å². The molecular weight excluding hydrogens is 364 g/mol. The summed E-state index contributed by atoms with van der Waals surface area (Å²) in [6.07, 6.45) is 1.88. The van der Waals surface area contributed by atoms with Crippen molar-refractivity contribution >= 4 is 50.3 Å². The molecule has 5 heteroatoms. The van der Waals surface area contributed by atoms with E-state index in [2.05, 4.69) is 27.0 Å². The van der Waals surface area contributed by atoms with Gasteiger partial charge in [-0.1, -0.05) is 30.3 Å². The van der Waals surface area contributed by atoms with E-state index in [1.165, 1.54) is 11.3 Å². The first-order valence-electron chi connectivity index (χ1n) is 6.15. The number of allylic oxidation sites excluding steroid dienone is 1. The monoisotopic (exact) mass is 372 g/mol. The number of thiazole rings is 1. The second kappa shape index (κ2) is 6.35. The molecule has 0 aliphatic carbocycles. The van der Waals surface area contributed by atoms with Gasteiger partial charge < -0.3 is 0 Å². The Balaban J connectivity index is 1.95. The minimum absolute atomic E-state index is 0.594. The van der Waals surface area contributed by atoms with Crippen molar-refractivity contribution in [3.8, 4) is 17.3 Å². The van der Waals surface area contributed by atoms with E-state index in [-0.39, 0.29) is 0 Å². The lowest BCUT2D eigenvalue weighted by Crippen LogP contribution is -1.81. The largest absolute Gasteiger partial charge is 0.235 e. The second-order valence-corrected chi connectivity index (χ2v) is 7.57. The SMILES string of the molecule is N#C/C(=C\c1ccc(Br)s1)c1nc(-c2ccccc2)cs1. The van der Waals surface area contributed by atoms with Crippen molar-refractivity contribution in [2.45, 2.75) is 0 Å². The van der Waals surface area contributed by atoms with Crippen LogP contribution in [0.4, 0.5) is 0 Å². The highest BCUT2D eigenvalue weighted by Crippen LogP contribution is 2.29. The average molecular weight is 373 g/mol. The summed E-state index contributed by atoms with van der Waals surface area (Å²) in [5, 5.41) is 12.1. The fraction of sp³-hybridized carbons (Fsp3) is 0. The molecule has 3 rings (SSSR count). The van der Waals surface area contributed by atoms with Crippen LogP contribution < -0.4 is 0 Å². The van der Waals surface area contributed by atoms with Crippen molar-refractivity contribution in [3.63, 3.8) is 0 Å². The molecule has 0 saturated heterocycles. The minimum Gasteiger partial charge on any atom is -0.235 e. The van der Waals surface area contributed by atoms with E-state index in [9.17, 15) is 5.26 Å². The zero-order chi connectivity index (χ0) is 14.7. The second-order valence-electron chi connectivity index (χ2n) is 4.22. The molecule has 0 fully saturated rings. The Morgan fingerprint density at radius 2 is 2.00 bits per heavy atom. The van der Waals surface area contributed by atoms with Gasteiger partial charge in [-0.2, -0.15) is 5.26 Å². The smallest absolute Gasteiger partial charge is 0.134 e. The molecule has 2 aromatic heterocycles. The van der Waals surface area contributed by atoms with E-state index in [4.69, 9.17) is 0 Å². The molecule has 0 amide bonds. The summed E-state index contributed by atoms with van der Waals surface area (Å²) in [5.74, 6) is 0. The van der Waals surface area contributed by atoms with Crippen LogP contribution in [0, 0.1) is 11.3 Å². The van der Waals surface area contributed by atoms with Crippen LogP contribution >= 0.6 is 38.6 Å².